The summed E-state index contributed by atoms with van der Waals surface area (Å²) in [5.41, 5.74) is 2.57. The van der Waals surface area contributed by atoms with Gasteiger partial charge in [0.15, 0.2) is 0 Å². The summed E-state index contributed by atoms with van der Waals surface area (Å²) in [6, 6.07) is 11.3. The molecule has 1 aliphatic carbocycles. The first-order valence-corrected chi connectivity index (χ1v) is 7.81. The van der Waals surface area contributed by atoms with Gasteiger partial charge in [-0.2, -0.15) is 0 Å². The fraction of sp³-hybridized carbons (Fsp3) is 0.471. The van der Waals surface area contributed by atoms with Crippen molar-refractivity contribution < 1.29 is 0 Å². The Morgan fingerprint density at radius 3 is 2.86 bits per heavy atom. The van der Waals surface area contributed by atoms with Gasteiger partial charge in [0.2, 0.25) is 0 Å². The van der Waals surface area contributed by atoms with E-state index in [0.717, 1.165) is 32.1 Å². The number of aromatic nitrogens is 2. The molecule has 1 aromatic heterocycles. The van der Waals surface area contributed by atoms with Crippen molar-refractivity contribution in [2.24, 2.45) is 0 Å². The highest BCUT2D eigenvalue weighted by Crippen LogP contribution is 2.19. The standard InChI is InChI=1S/C17H24N4/c1-20(16-6-3-2-4-7-16)10-5-11-21-14-18-12-17(21)13-19-15-8-9-15/h2-4,6-7,12,14-15,19H,5,8-11,13H2,1H3. The topological polar surface area (TPSA) is 33.1 Å². The van der Waals surface area contributed by atoms with Crippen LogP contribution in [0.1, 0.15) is 25.0 Å². The van der Waals surface area contributed by atoms with E-state index in [2.05, 4.69) is 57.1 Å². The summed E-state index contributed by atoms with van der Waals surface area (Å²) in [4.78, 5) is 6.59. The van der Waals surface area contributed by atoms with E-state index in [0.29, 0.717) is 0 Å². The average molecular weight is 284 g/mol. The second kappa shape index (κ2) is 6.76. The van der Waals surface area contributed by atoms with Crippen molar-refractivity contribution >= 4 is 5.69 Å². The van der Waals surface area contributed by atoms with Crippen LogP contribution in [0.3, 0.4) is 0 Å². The first-order valence-electron chi connectivity index (χ1n) is 7.81. The number of hydrogen-bond acceptors (Lipinski definition) is 3. The molecule has 4 heteroatoms. The number of nitrogens with one attached hydrogen (secondary N) is 1. The smallest absolute Gasteiger partial charge is 0.0948 e. The number of para-hydroxylation sites is 1. The van der Waals surface area contributed by atoms with Gasteiger partial charge in [0.25, 0.3) is 0 Å². The molecule has 0 amide bonds. The number of rotatable bonds is 8. The number of aryl methyl sites for hydroxylation is 1. The van der Waals surface area contributed by atoms with Gasteiger partial charge in [0.05, 0.1) is 12.0 Å². The molecular formula is C17H24N4. The van der Waals surface area contributed by atoms with Crippen molar-refractivity contribution in [3.8, 4) is 0 Å². The molecular weight excluding hydrogens is 260 g/mol. The number of hydrogen-bond donors (Lipinski definition) is 1. The first-order chi connectivity index (χ1) is 10.3. The van der Waals surface area contributed by atoms with Crippen LogP contribution in [0.5, 0.6) is 0 Å². The maximum Gasteiger partial charge on any atom is 0.0948 e. The van der Waals surface area contributed by atoms with Crippen LogP contribution in [0.4, 0.5) is 5.69 Å². The summed E-state index contributed by atoms with van der Waals surface area (Å²) in [6.45, 7) is 3.02. The van der Waals surface area contributed by atoms with Gasteiger partial charge in [-0.15, -0.1) is 0 Å². The van der Waals surface area contributed by atoms with Crippen molar-refractivity contribution in [2.45, 2.75) is 38.4 Å². The number of nitrogens with zero attached hydrogens (tertiary/aromatic N) is 3. The van der Waals surface area contributed by atoms with Crippen molar-refractivity contribution in [3.63, 3.8) is 0 Å². The van der Waals surface area contributed by atoms with E-state index < -0.39 is 0 Å². The SMILES string of the molecule is CN(CCCn1cncc1CNC1CC1)c1ccccc1. The fourth-order valence-electron chi connectivity index (χ4n) is 2.52. The number of benzene rings is 1. The molecule has 112 valence electrons. The van der Waals surface area contributed by atoms with Crippen LogP contribution in [-0.4, -0.2) is 29.2 Å². The minimum absolute atomic E-state index is 0.748. The molecule has 0 spiro atoms. The molecule has 1 fully saturated rings. The summed E-state index contributed by atoms with van der Waals surface area (Å²) < 4.78 is 2.27. The normalized spacial score (nSPS) is 14.3. The third-order valence-electron chi connectivity index (χ3n) is 4.04. The Morgan fingerprint density at radius 2 is 2.10 bits per heavy atom. The lowest BCUT2D eigenvalue weighted by atomic mass is 10.3. The van der Waals surface area contributed by atoms with Crippen LogP contribution in [-0.2, 0) is 13.1 Å². The molecule has 0 atom stereocenters. The van der Waals surface area contributed by atoms with Gasteiger partial charge in [0.1, 0.15) is 0 Å². The van der Waals surface area contributed by atoms with E-state index >= 15 is 0 Å². The lowest BCUT2D eigenvalue weighted by Crippen LogP contribution is -2.21. The van der Waals surface area contributed by atoms with Crippen LogP contribution in [0.2, 0.25) is 0 Å². The number of anilines is 1. The van der Waals surface area contributed by atoms with Crippen molar-refractivity contribution in [1.29, 1.82) is 0 Å². The third kappa shape index (κ3) is 4.08. The van der Waals surface area contributed by atoms with E-state index in [1.807, 2.05) is 12.5 Å². The predicted molar refractivity (Wildman–Crippen MR) is 86.4 cm³/mol. The summed E-state index contributed by atoms with van der Waals surface area (Å²) in [5.74, 6) is 0. The van der Waals surface area contributed by atoms with E-state index in [1.54, 1.807) is 0 Å². The molecule has 1 aromatic carbocycles. The maximum absolute atomic E-state index is 4.29. The molecule has 1 aliphatic rings. The van der Waals surface area contributed by atoms with E-state index in [4.69, 9.17) is 0 Å². The van der Waals surface area contributed by atoms with Gasteiger partial charge in [-0.1, -0.05) is 18.2 Å². The van der Waals surface area contributed by atoms with Gasteiger partial charge in [0, 0.05) is 44.6 Å². The lowest BCUT2D eigenvalue weighted by molar-refractivity contribution is 0.583. The highest BCUT2D eigenvalue weighted by atomic mass is 15.1. The molecule has 1 saturated carbocycles. The second-order valence-corrected chi connectivity index (χ2v) is 5.84. The Labute approximate surface area is 126 Å². The molecule has 0 bridgehead atoms. The molecule has 2 aromatic rings. The summed E-state index contributed by atoms with van der Waals surface area (Å²) in [7, 11) is 2.15. The average Bonchev–Trinajstić information content (AvgIpc) is 3.25. The van der Waals surface area contributed by atoms with Crippen LogP contribution in [0.25, 0.3) is 0 Å². The molecule has 0 unspecified atom stereocenters. The highest BCUT2D eigenvalue weighted by molar-refractivity contribution is 5.44. The van der Waals surface area contributed by atoms with Gasteiger partial charge < -0.3 is 14.8 Å². The van der Waals surface area contributed by atoms with Gasteiger partial charge in [-0.05, 0) is 31.4 Å². The van der Waals surface area contributed by atoms with Crippen LogP contribution < -0.4 is 10.2 Å². The molecule has 0 radical (unpaired) electrons. The largest absolute Gasteiger partial charge is 0.375 e. The number of imidazole rings is 1. The van der Waals surface area contributed by atoms with E-state index in [1.165, 1.54) is 24.2 Å². The zero-order valence-electron chi connectivity index (χ0n) is 12.7. The Kier molecular flexibility index (Phi) is 4.55. The van der Waals surface area contributed by atoms with E-state index in [-0.39, 0.29) is 0 Å². The van der Waals surface area contributed by atoms with Gasteiger partial charge in [-0.3, -0.25) is 0 Å². The minimum Gasteiger partial charge on any atom is -0.375 e. The quantitative estimate of drug-likeness (QED) is 0.809. The molecule has 0 saturated heterocycles. The molecule has 3 rings (SSSR count). The zero-order chi connectivity index (χ0) is 14.5. The van der Waals surface area contributed by atoms with E-state index in [9.17, 15) is 0 Å². The Hall–Kier alpha value is -1.81. The maximum atomic E-state index is 4.29. The molecule has 0 aliphatic heterocycles. The monoisotopic (exact) mass is 284 g/mol. The van der Waals surface area contributed by atoms with Crippen molar-refractivity contribution in [1.82, 2.24) is 14.9 Å². The Bertz CT molecular complexity index is 545. The highest BCUT2D eigenvalue weighted by Gasteiger charge is 2.20. The summed E-state index contributed by atoms with van der Waals surface area (Å²) in [5, 5.41) is 3.55. The van der Waals surface area contributed by atoms with Gasteiger partial charge >= 0.3 is 0 Å². The molecule has 21 heavy (non-hydrogen) atoms. The van der Waals surface area contributed by atoms with Gasteiger partial charge in [-0.25, -0.2) is 4.98 Å². The molecule has 4 nitrogen and oxygen atoms in total. The minimum atomic E-state index is 0.748. The zero-order valence-corrected chi connectivity index (χ0v) is 12.7. The first kappa shape index (κ1) is 14.1. The molecule has 1 N–H and O–H groups in total. The molecule has 1 heterocycles. The summed E-state index contributed by atoms with van der Waals surface area (Å²) in [6.07, 6.45) is 7.72. The summed E-state index contributed by atoms with van der Waals surface area (Å²) >= 11 is 0. The van der Waals surface area contributed by atoms with Crippen molar-refractivity contribution in [3.05, 3.63) is 48.5 Å². The lowest BCUT2D eigenvalue weighted by Gasteiger charge is -2.19. The van der Waals surface area contributed by atoms with Crippen LogP contribution >= 0.6 is 0 Å². The third-order valence-corrected chi connectivity index (χ3v) is 4.04. The van der Waals surface area contributed by atoms with Crippen molar-refractivity contribution in [2.75, 3.05) is 18.5 Å². The Balaban J connectivity index is 1.45. The van der Waals surface area contributed by atoms with Crippen LogP contribution in [0.15, 0.2) is 42.9 Å². The Morgan fingerprint density at radius 1 is 1.29 bits per heavy atom. The van der Waals surface area contributed by atoms with Crippen LogP contribution in [0, 0.1) is 0 Å². The second-order valence-electron chi connectivity index (χ2n) is 5.84. The predicted octanol–water partition coefficient (Wildman–Crippen LogP) is 2.66. The fourth-order valence-corrected chi connectivity index (χ4v) is 2.52.